The molecule has 0 radical (unpaired) electrons. The highest BCUT2D eigenvalue weighted by Gasteiger charge is 2.18. The largest absolute Gasteiger partial charge is 0.476 e. The summed E-state index contributed by atoms with van der Waals surface area (Å²) in [6, 6.07) is 4.67. The van der Waals surface area contributed by atoms with Crippen molar-refractivity contribution in [1.29, 1.82) is 0 Å². The second kappa shape index (κ2) is 4.69. The summed E-state index contributed by atoms with van der Waals surface area (Å²) >= 11 is 0. The Labute approximate surface area is 107 Å². The van der Waals surface area contributed by atoms with Crippen molar-refractivity contribution in [1.82, 2.24) is 10.2 Å². The van der Waals surface area contributed by atoms with Gasteiger partial charge >= 0.3 is 5.97 Å². The molecule has 2 aromatic rings. The molecule has 0 atom stereocenters. The zero-order chi connectivity index (χ0) is 14.0. The summed E-state index contributed by atoms with van der Waals surface area (Å²) in [5.41, 5.74) is 11.6. The number of carbonyl (C=O) groups is 2. The summed E-state index contributed by atoms with van der Waals surface area (Å²) < 4.78 is 0. The number of aromatic amines is 1. The van der Waals surface area contributed by atoms with Crippen LogP contribution >= 0.6 is 0 Å². The third-order valence-electron chi connectivity index (χ3n) is 2.45. The Bertz CT molecular complexity index is 629. The number of nitrogens with zero attached hydrogens (tertiary/aromatic N) is 1. The maximum absolute atomic E-state index is 12.0. The number of nitrogen functional groups attached to an aromatic ring is 2. The molecule has 8 nitrogen and oxygen atoms in total. The predicted octanol–water partition coefficient (Wildman–Crippen LogP) is 0.525. The minimum absolute atomic E-state index is 0.0418. The number of rotatable bonds is 3. The summed E-state index contributed by atoms with van der Waals surface area (Å²) in [4.78, 5) is 22.9. The van der Waals surface area contributed by atoms with Gasteiger partial charge in [0.25, 0.3) is 5.91 Å². The van der Waals surface area contributed by atoms with E-state index in [2.05, 4.69) is 15.5 Å². The van der Waals surface area contributed by atoms with Crippen LogP contribution in [0.15, 0.2) is 24.4 Å². The first-order chi connectivity index (χ1) is 9.00. The predicted molar refractivity (Wildman–Crippen MR) is 68.8 cm³/mol. The van der Waals surface area contributed by atoms with E-state index in [1.165, 1.54) is 18.3 Å². The van der Waals surface area contributed by atoms with Gasteiger partial charge in [-0.05, 0) is 12.1 Å². The van der Waals surface area contributed by atoms with E-state index in [9.17, 15) is 9.59 Å². The van der Waals surface area contributed by atoms with Crippen molar-refractivity contribution in [3.63, 3.8) is 0 Å². The molecule has 2 rings (SSSR count). The maximum Gasteiger partial charge on any atom is 0.358 e. The molecule has 8 heteroatoms. The number of aromatic carboxylic acids is 1. The Morgan fingerprint density at radius 3 is 2.47 bits per heavy atom. The van der Waals surface area contributed by atoms with Crippen LogP contribution in [-0.4, -0.2) is 27.2 Å². The molecule has 7 N–H and O–H groups in total. The number of amides is 1. The number of carboxylic acids is 1. The molecule has 0 aliphatic rings. The molecule has 1 aromatic heterocycles. The summed E-state index contributed by atoms with van der Waals surface area (Å²) in [6.07, 6.45) is 1.26. The molecule has 1 amide bonds. The first-order valence-electron chi connectivity index (χ1n) is 5.23. The number of benzene rings is 1. The lowest BCUT2D eigenvalue weighted by Gasteiger charge is -2.08. The molecule has 0 spiro atoms. The van der Waals surface area contributed by atoms with Crippen LogP contribution < -0.4 is 16.8 Å². The fourth-order valence-electron chi connectivity index (χ4n) is 1.58. The zero-order valence-corrected chi connectivity index (χ0v) is 9.68. The van der Waals surface area contributed by atoms with Crippen LogP contribution in [0.3, 0.4) is 0 Å². The van der Waals surface area contributed by atoms with Crippen LogP contribution in [-0.2, 0) is 0 Å². The van der Waals surface area contributed by atoms with Gasteiger partial charge in [-0.2, -0.15) is 5.10 Å². The lowest BCUT2D eigenvalue weighted by Crippen LogP contribution is -2.17. The van der Waals surface area contributed by atoms with Gasteiger partial charge in [0, 0.05) is 17.6 Å². The Morgan fingerprint density at radius 2 is 1.89 bits per heavy atom. The molecule has 0 fully saturated rings. The number of carboxylic acid groups (broad SMARTS) is 1. The van der Waals surface area contributed by atoms with Crippen molar-refractivity contribution in [3.05, 3.63) is 35.7 Å². The highest BCUT2D eigenvalue weighted by molar-refractivity contribution is 6.12. The minimum atomic E-state index is -1.26. The third-order valence-corrected chi connectivity index (χ3v) is 2.45. The van der Waals surface area contributed by atoms with Gasteiger partial charge in [-0.15, -0.1) is 0 Å². The van der Waals surface area contributed by atoms with Crippen LogP contribution in [0.1, 0.15) is 20.8 Å². The van der Waals surface area contributed by atoms with Crippen LogP contribution in [0, 0.1) is 0 Å². The van der Waals surface area contributed by atoms with E-state index in [0.29, 0.717) is 0 Å². The van der Waals surface area contributed by atoms with E-state index in [-0.39, 0.29) is 28.3 Å². The molecule has 98 valence electrons. The monoisotopic (exact) mass is 261 g/mol. The quantitative estimate of drug-likeness (QED) is 0.509. The summed E-state index contributed by atoms with van der Waals surface area (Å²) in [5.74, 6) is -1.86. The highest BCUT2D eigenvalue weighted by atomic mass is 16.4. The van der Waals surface area contributed by atoms with Gasteiger partial charge in [-0.3, -0.25) is 9.89 Å². The Morgan fingerprint density at radius 1 is 1.26 bits per heavy atom. The van der Waals surface area contributed by atoms with Gasteiger partial charge in [0.1, 0.15) is 0 Å². The van der Waals surface area contributed by atoms with Crippen LogP contribution in [0.25, 0.3) is 0 Å². The van der Waals surface area contributed by atoms with E-state index in [0.717, 1.165) is 0 Å². The van der Waals surface area contributed by atoms with Gasteiger partial charge < -0.3 is 21.9 Å². The van der Waals surface area contributed by atoms with Crippen molar-refractivity contribution in [3.8, 4) is 0 Å². The van der Waals surface area contributed by atoms with E-state index in [4.69, 9.17) is 16.6 Å². The highest BCUT2D eigenvalue weighted by Crippen LogP contribution is 2.21. The molecule has 0 bridgehead atoms. The number of nitrogens with two attached hydrogens (primary N) is 2. The van der Waals surface area contributed by atoms with Crippen molar-refractivity contribution < 1.29 is 14.7 Å². The van der Waals surface area contributed by atoms with Crippen molar-refractivity contribution >= 4 is 28.9 Å². The van der Waals surface area contributed by atoms with Crippen LogP contribution in [0.2, 0.25) is 0 Å². The Hall–Kier alpha value is -3.03. The molecule has 0 saturated carbocycles. The molecule has 0 unspecified atom stereocenters. The van der Waals surface area contributed by atoms with Gasteiger partial charge in [0.15, 0.2) is 5.69 Å². The zero-order valence-electron chi connectivity index (χ0n) is 9.68. The number of H-pyrrole nitrogens is 1. The number of hydrogen-bond acceptors (Lipinski definition) is 5. The average Bonchev–Trinajstić information content (AvgIpc) is 2.76. The number of hydrogen-bond donors (Lipinski definition) is 5. The maximum atomic E-state index is 12.0. The number of carbonyl (C=O) groups excluding carboxylic acids is 1. The van der Waals surface area contributed by atoms with Crippen LogP contribution in [0.4, 0.5) is 17.1 Å². The lowest BCUT2D eigenvalue weighted by atomic mass is 10.1. The molecule has 1 aromatic carbocycles. The number of nitrogens with one attached hydrogen (secondary N) is 2. The Kier molecular flexibility index (Phi) is 3.06. The van der Waals surface area contributed by atoms with Crippen molar-refractivity contribution in [2.24, 2.45) is 0 Å². The first-order valence-corrected chi connectivity index (χ1v) is 5.23. The van der Waals surface area contributed by atoms with Gasteiger partial charge in [0.2, 0.25) is 0 Å². The van der Waals surface area contributed by atoms with E-state index in [1.54, 1.807) is 6.07 Å². The fourth-order valence-corrected chi connectivity index (χ4v) is 1.58. The average molecular weight is 261 g/mol. The molecule has 0 saturated heterocycles. The van der Waals surface area contributed by atoms with Gasteiger partial charge in [-0.1, -0.05) is 6.07 Å². The topological polar surface area (TPSA) is 147 Å². The minimum Gasteiger partial charge on any atom is -0.476 e. The van der Waals surface area contributed by atoms with E-state index in [1.807, 2.05) is 0 Å². The molecule has 1 heterocycles. The molecular formula is C11H11N5O3. The van der Waals surface area contributed by atoms with Gasteiger partial charge in [0.05, 0.1) is 11.3 Å². The lowest BCUT2D eigenvalue weighted by molar-refractivity contribution is 0.0691. The number of aromatic nitrogens is 2. The standard InChI is InChI=1S/C11H11N5O3/c12-5-2-1-3-6(13)8(5)10(17)15-7-4-14-16-9(7)11(18)19/h1-4H,12-13H2,(H,14,16)(H,15,17)(H,18,19). The second-order valence-corrected chi connectivity index (χ2v) is 3.72. The molecule has 0 aliphatic heterocycles. The normalized spacial score (nSPS) is 10.1. The summed E-state index contributed by atoms with van der Waals surface area (Å²) in [7, 11) is 0. The van der Waals surface area contributed by atoms with Crippen molar-refractivity contribution in [2.45, 2.75) is 0 Å². The summed E-state index contributed by atoms with van der Waals surface area (Å²) in [5, 5.41) is 17.1. The van der Waals surface area contributed by atoms with Crippen molar-refractivity contribution in [2.75, 3.05) is 16.8 Å². The third kappa shape index (κ3) is 2.32. The summed E-state index contributed by atoms with van der Waals surface area (Å²) in [6.45, 7) is 0. The first kappa shape index (κ1) is 12.4. The van der Waals surface area contributed by atoms with Crippen LogP contribution in [0.5, 0.6) is 0 Å². The fraction of sp³-hybridized carbons (Fsp3) is 0. The molecular weight excluding hydrogens is 250 g/mol. The van der Waals surface area contributed by atoms with Gasteiger partial charge in [-0.25, -0.2) is 4.79 Å². The molecule has 19 heavy (non-hydrogen) atoms. The SMILES string of the molecule is Nc1cccc(N)c1C(=O)Nc1c[nH]nc1C(=O)O. The Balaban J connectivity index is 2.31. The smallest absolute Gasteiger partial charge is 0.358 e. The molecule has 0 aliphatic carbocycles. The van der Waals surface area contributed by atoms with E-state index < -0.39 is 11.9 Å². The number of anilines is 3. The second-order valence-electron chi connectivity index (χ2n) is 3.72. The van der Waals surface area contributed by atoms with E-state index >= 15 is 0 Å².